The van der Waals surface area contributed by atoms with E-state index in [9.17, 15) is 0 Å². The van der Waals surface area contributed by atoms with Gasteiger partial charge in [-0.05, 0) is 12.8 Å². The molecule has 82 valence electrons. The smallest absolute Gasteiger partial charge is 0.173 e. The normalized spacial score (nSPS) is 15.2. The van der Waals surface area contributed by atoms with Crippen LogP contribution in [0.5, 0.6) is 0 Å². The molecule has 6 nitrogen and oxygen atoms in total. The fourth-order valence-electron chi connectivity index (χ4n) is 1.45. The van der Waals surface area contributed by atoms with Crippen LogP contribution in [0.4, 0.5) is 0 Å². The van der Waals surface area contributed by atoms with Gasteiger partial charge in [-0.15, -0.1) is 0 Å². The van der Waals surface area contributed by atoms with E-state index in [4.69, 9.17) is 0 Å². The Morgan fingerprint density at radius 2 is 2.25 bits per heavy atom. The van der Waals surface area contributed by atoms with E-state index in [0.29, 0.717) is 11.9 Å². The molecule has 2 heterocycles. The van der Waals surface area contributed by atoms with E-state index in [1.807, 2.05) is 0 Å². The van der Waals surface area contributed by atoms with Crippen LogP contribution in [-0.2, 0) is 6.54 Å². The Morgan fingerprint density at radius 3 is 3.00 bits per heavy atom. The van der Waals surface area contributed by atoms with Crippen molar-refractivity contribution in [3.63, 3.8) is 0 Å². The Morgan fingerprint density at radius 1 is 1.31 bits per heavy atom. The number of hydrogen-bond donors (Lipinski definition) is 1. The predicted molar refractivity (Wildman–Crippen MR) is 56.8 cm³/mol. The Hall–Kier alpha value is -1.82. The molecule has 0 unspecified atom stereocenters. The highest BCUT2D eigenvalue weighted by Gasteiger charge is 2.20. The fraction of sp³-hybridized carbons (Fsp3) is 0.400. The number of rotatable bonds is 4. The van der Waals surface area contributed by atoms with Gasteiger partial charge in [-0.1, -0.05) is 0 Å². The first-order valence-corrected chi connectivity index (χ1v) is 5.31. The highest BCUT2D eigenvalue weighted by molar-refractivity contribution is 5.17. The molecule has 0 spiro atoms. The molecule has 0 bridgehead atoms. The van der Waals surface area contributed by atoms with Crippen molar-refractivity contribution in [2.24, 2.45) is 0 Å². The van der Waals surface area contributed by atoms with Crippen LogP contribution in [-0.4, -0.2) is 30.8 Å². The summed E-state index contributed by atoms with van der Waals surface area (Å²) in [5.74, 6) is 0.701. The van der Waals surface area contributed by atoms with E-state index >= 15 is 0 Å². The van der Waals surface area contributed by atoms with Gasteiger partial charge in [0.1, 0.15) is 12.7 Å². The zero-order valence-corrected chi connectivity index (χ0v) is 8.74. The third-order valence-electron chi connectivity index (χ3n) is 2.47. The van der Waals surface area contributed by atoms with Crippen LogP contribution in [0.2, 0.25) is 0 Å². The minimum Gasteiger partial charge on any atom is -0.308 e. The lowest BCUT2D eigenvalue weighted by molar-refractivity contribution is 0.667. The highest BCUT2D eigenvalue weighted by Crippen LogP contribution is 2.18. The standard InChI is InChI=1S/C10H12N6/c1-2-8(1)13-4-9-3-11-5-10(15-9)16-7-12-6-14-16/h3,5-8,13H,1-2,4H2. The van der Waals surface area contributed by atoms with Crippen molar-refractivity contribution in [3.8, 4) is 5.82 Å². The fourth-order valence-corrected chi connectivity index (χ4v) is 1.45. The monoisotopic (exact) mass is 216 g/mol. The number of aromatic nitrogens is 5. The summed E-state index contributed by atoms with van der Waals surface area (Å²) in [6.07, 6.45) is 9.09. The Balaban J connectivity index is 1.76. The average molecular weight is 216 g/mol. The van der Waals surface area contributed by atoms with Gasteiger partial charge in [-0.25, -0.2) is 14.6 Å². The van der Waals surface area contributed by atoms with Crippen LogP contribution in [0.3, 0.4) is 0 Å². The van der Waals surface area contributed by atoms with Crippen molar-refractivity contribution in [2.45, 2.75) is 25.4 Å². The maximum atomic E-state index is 4.45. The van der Waals surface area contributed by atoms with Crippen molar-refractivity contribution in [1.29, 1.82) is 0 Å². The average Bonchev–Trinajstić information content (AvgIpc) is 2.99. The second-order valence-corrected chi connectivity index (χ2v) is 3.86. The zero-order chi connectivity index (χ0) is 10.8. The molecule has 0 saturated heterocycles. The molecular weight excluding hydrogens is 204 g/mol. The lowest BCUT2D eigenvalue weighted by Gasteiger charge is -2.04. The third kappa shape index (κ3) is 2.06. The Bertz CT molecular complexity index is 462. The first kappa shape index (κ1) is 9.41. The first-order valence-electron chi connectivity index (χ1n) is 5.31. The summed E-state index contributed by atoms with van der Waals surface area (Å²) in [5, 5.41) is 7.42. The van der Waals surface area contributed by atoms with Crippen LogP contribution in [0, 0.1) is 0 Å². The quantitative estimate of drug-likeness (QED) is 0.796. The molecule has 6 heteroatoms. The molecule has 1 aliphatic carbocycles. The van der Waals surface area contributed by atoms with E-state index in [1.165, 1.54) is 19.2 Å². The Kier molecular flexibility index (Phi) is 2.34. The van der Waals surface area contributed by atoms with Crippen LogP contribution in [0.15, 0.2) is 25.0 Å². The van der Waals surface area contributed by atoms with Gasteiger partial charge in [0, 0.05) is 18.8 Å². The zero-order valence-electron chi connectivity index (χ0n) is 8.74. The summed E-state index contributed by atoms with van der Waals surface area (Å²) < 4.78 is 1.60. The summed E-state index contributed by atoms with van der Waals surface area (Å²) in [7, 11) is 0. The lowest BCUT2D eigenvalue weighted by atomic mass is 10.4. The SMILES string of the molecule is c1ncn(-c2cncc(CNC3CC3)n2)n1. The third-order valence-corrected chi connectivity index (χ3v) is 2.47. The van der Waals surface area contributed by atoms with Crippen molar-refractivity contribution in [2.75, 3.05) is 0 Å². The van der Waals surface area contributed by atoms with Crippen LogP contribution in [0.25, 0.3) is 5.82 Å². The predicted octanol–water partition coefficient (Wildman–Crippen LogP) is 0.309. The van der Waals surface area contributed by atoms with Gasteiger partial charge in [0.05, 0.1) is 11.9 Å². The molecule has 2 aromatic rings. The van der Waals surface area contributed by atoms with Crippen molar-refractivity contribution >= 4 is 0 Å². The molecule has 2 aromatic heterocycles. The highest BCUT2D eigenvalue weighted by atomic mass is 15.3. The molecule has 0 radical (unpaired) electrons. The minimum absolute atomic E-state index is 0.678. The largest absolute Gasteiger partial charge is 0.308 e. The summed E-state index contributed by atoms with van der Waals surface area (Å²) in [6.45, 7) is 0.764. The van der Waals surface area contributed by atoms with E-state index in [-0.39, 0.29) is 0 Å². The second kappa shape index (κ2) is 3.97. The first-order chi connectivity index (χ1) is 7.92. The molecule has 0 aromatic carbocycles. The van der Waals surface area contributed by atoms with E-state index in [0.717, 1.165) is 12.2 Å². The minimum atomic E-state index is 0.678. The van der Waals surface area contributed by atoms with Crippen LogP contribution >= 0.6 is 0 Å². The molecule has 3 rings (SSSR count). The maximum absolute atomic E-state index is 4.45. The van der Waals surface area contributed by atoms with E-state index in [2.05, 4.69) is 25.4 Å². The van der Waals surface area contributed by atoms with Gasteiger partial charge in [0.25, 0.3) is 0 Å². The lowest BCUT2D eigenvalue weighted by Crippen LogP contribution is -2.17. The molecule has 1 aliphatic rings. The van der Waals surface area contributed by atoms with Gasteiger partial charge >= 0.3 is 0 Å². The molecule has 1 fully saturated rings. The van der Waals surface area contributed by atoms with Crippen LogP contribution in [0.1, 0.15) is 18.5 Å². The second-order valence-electron chi connectivity index (χ2n) is 3.86. The summed E-state index contributed by atoms with van der Waals surface area (Å²) in [5.41, 5.74) is 0.930. The summed E-state index contributed by atoms with van der Waals surface area (Å²) in [4.78, 5) is 12.5. The van der Waals surface area contributed by atoms with E-state index in [1.54, 1.807) is 23.4 Å². The van der Waals surface area contributed by atoms with Gasteiger partial charge in [0.2, 0.25) is 0 Å². The van der Waals surface area contributed by atoms with Crippen molar-refractivity contribution < 1.29 is 0 Å². The van der Waals surface area contributed by atoms with E-state index < -0.39 is 0 Å². The number of hydrogen-bond acceptors (Lipinski definition) is 5. The van der Waals surface area contributed by atoms with Gasteiger partial charge < -0.3 is 5.32 Å². The maximum Gasteiger partial charge on any atom is 0.173 e. The molecule has 0 atom stereocenters. The van der Waals surface area contributed by atoms with Gasteiger partial charge in [-0.2, -0.15) is 5.10 Å². The molecule has 16 heavy (non-hydrogen) atoms. The number of nitrogens with zero attached hydrogens (tertiary/aromatic N) is 5. The van der Waals surface area contributed by atoms with Gasteiger partial charge in [0.15, 0.2) is 5.82 Å². The number of nitrogens with one attached hydrogen (secondary N) is 1. The summed E-state index contributed by atoms with van der Waals surface area (Å²) >= 11 is 0. The van der Waals surface area contributed by atoms with Crippen molar-refractivity contribution in [3.05, 3.63) is 30.7 Å². The topological polar surface area (TPSA) is 68.5 Å². The molecular formula is C10H12N6. The molecule has 0 aliphatic heterocycles. The summed E-state index contributed by atoms with van der Waals surface area (Å²) in [6, 6.07) is 0.678. The molecule has 1 N–H and O–H groups in total. The van der Waals surface area contributed by atoms with Gasteiger partial charge in [-0.3, -0.25) is 4.98 Å². The molecule has 1 saturated carbocycles. The molecule has 0 amide bonds. The van der Waals surface area contributed by atoms with Crippen LogP contribution < -0.4 is 5.32 Å². The van der Waals surface area contributed by atoms with Crippen molar-refractivity contribution in [1.82, 2.24) is 30.0 Å². The Labute approximate surface area is 92.8 Å².